The van der Waals surface area contributed by atoms with Crippen molar-refractivity contribution in [3.05, 3.63) is 53.1 Å². The van der Waals surface area contributed by atoms with E-state index >= 15 is 0 Å². The Bertz CT molecular complexity index is 1020. The summed E-state index contributed by atoms with van der Waals surface area (Å²) in [6, 6.07) is 11.6. The smallest absolute Gasteiger partial charge is 0.259 e. The van der Waals surface area contributed by atoms with Crippen molar-refractivity contribution in [1.82, 2.24) is 4.31 Å². The Balaban J connectivity index is 1.56. The minimum Gasteiger partial charge on any atom is -0.490 e. The molecular weight excluding hydrogens is 412 g/mol. The lowest BCUT2D eigenvalue weighted by Gasteiger charge is -2.27. The summed E-state index contributed by atoms with van der Waals surface area (Å²) >= 11 is 6.18. The third kappa shape index (κ3) is 4.27. The molecule has 0 aromatic heterocycles. The number of rotatable bonds is 6. The van der Waals surface area contributed by atoms with Crippen LogP contribution in [0.3, 0.4) is 0 Å². The van der Waals surface area contributed by atoms with Crippen LogP contribution in [-0.2, 0) is 10.0 Å². The van der Waals surface area contributed by atoms with Crippen LogP contribution in [0.25, 0.3) is 0 Å². The summed E-state index contributed by atoms with van der Waals surface area (Å²) in [5.41, 5.74) is 0.786. The Hall–Kier alpha value is -2.09. The molecule has 1 amide bonds. The number of nitrogens with one attached hydrogen (secondary N) is 1. The lowest BCUT2D eigenvalue weighted by atomic mass is 9.96. The van der Waals surface area contributed by atoms with Gasteiger partial charge in [0.2, 0.25) is 10.0 Å². The van der Waals surface area contributed by atoms with Gasteiger partial charge in [-0.2, -0.15) is 4.31 Å². The maximum Gasteiger partial charge on any atom is 0.259 e. The quantitative estimate of drug-likeness (QED) is 0.735. The Kier molecular flexibility index (Phi) is 5.81. The van der Waals surface area contributed by atoms with E-state index in [-0.39, 0.29) is 21.9 Å². The number of sulfonamides is 1. The number of carbonyl (C=O) groups excluding carboxylic acids is 1. The number of halogens is 1. The van der Waals surface area contributed by atoms with Gasteiger partial charge in [-0.05, 0) is 62.4 Å². The van der Waals surface area contributed by atoms with Crippen molar-refractivity contribution in [2.45, 2.75) is 43.1 Å². The van der Waals surface area contributed by atoms with Gasteiger partial charge < -0.3 is 10.1 Å². The van der Waals surface area contributed by atoms with Crippen LogP contribution in [-0.4, -0.2) is 37.8 Å². The van der Waals surface area contributed by atoms with Gasteiger partial charge in [0.1, 0.15) is 10.6 Å². The summed E-state index contributed by atoms with van der Waals surface area (Å²) in [5, 5.41) is 2.92. The van der Waals surface area contributed by atoms with Crippen molar-refractivity contribution in [3.63, 3.8) is 0 Å². The van der Waals surface area contributed by atoms with Crippen molar-refractivity contribution in [2.24, 2.45) is 0 Å². The van der Waals surface area contributed by atoms with E-state index in [9.17, 15) is 13.2 Å². The molecule has 8 heteroatoms. The minimum atomic E-state index is -3.69. The molecule has 2 aromatic rings. The summed E-state index contributed by atoms with van der Waals surface area (Å²) in [6.45, 7) is 0.974. The normalized spacial score (nSPS) is 17.7. The summed E-state index contributed by atoms with van der Waals surface area (Å²) in [6.07, 6.45) is 4.95. The van der Waals surface area contributed by atoms with Crippen molar-refractivity contribution >= 4 is 33.2 Å². The highest BCUT2D eigenvalue weighted by atomic mass is 35.5. The molecule has 0 spiro atoms. The lowest BCUT2D eigenvalue weighted by molar-refractivity contribution is 0.0992. The second-order valence-corrected chi connectivity index (χ2v) is 9.69. The Morgan fingerprint density at radius 3 is 2.48 bits per heavy atom. The Morgan fingerprint density at radius 2 is 1.79 bits per heavy atom. The SMILES string of the molecule is O=C(Nc1ccc(Cl)c(S(=O)(=O)N2CCCC2)c1)c1ccccc1OC1CCC1. The molecule has 1 aliphatic carbocycles. The number of benzene rings is 2. The number of amides is 1. The van der Waals surface area contributed by atoms with Crippen molar-refractivity contribution in [2.75, 3.05) is 18.4 Å². The molecule has 1 N–H and O–H groups in total. The molecule has 29 heavy (non-hydrogen) atoms. The third-order valence-electron chi connectivity index (χ3n) is 5.35. The van der Waals surface area contributed by atoms with Crippen LogP contribution in [0.15, 0.2) is 47.4 Å². The maximum absolute atomic E-state index is 12.9. The molecule has 0 unspecified atom stereocenters. The predicted octanol–water partition coefficient (Wildman–Crippen LogP) is 4.31. The summed E-state index contributed by atoms with van der Waals surface area (Å²) in [7, 11) is -3.69. The molecule has 2 aliphatic rings. The number of hydrogen-bond acceptors (Lipinski definition) is 4. The van der Waals surface area contributed by atoms with Gasteiger partial charge in [-0.1, -0.05) is 23.7 Å². The molecule has 0 atom stereocenters. The number of nitrogens with zero attached hydrogens (tertiary/aromatic N) is 1. The van der Waals surface area contributed by atoms with Crippen molar-refractivity contribution in [3.8, 4) is 5.75 Å². The molecule has 6 nitrogen and oxygen atoms in total. The van der Waals surface area contributed by atoms with E-state index in [1.165, 1.54) is 16.4 Å². The van der Waals surface area contributed by atoms with E-state index in [0.717, 1.165) is 32.1 Å². The molecule has 0 radical (unpaired) electrons. The molecule has 1 aliphatic heterocycles. The first-order valence-electron chi connectivity index (χ1n) is 9.82. The highest BCUT2D eigenvalue weighted by Gasteiger charge is 2.29. The van der Waals surface area contributed by atoms with Gasteiger partial charge in [0.05, 0.1) is 16.7 Å². The first-order chi connectivity index (χ1) is 13.9. The van der Waals surface area contributed by atoms with E-state index in [2.05, 4.69) is 5.32 Å². The summed E-state index contributed by atoms with van der Waals surface area (Å²) < 4.78 is 33.1. The van der Waals surface area contributed by atoms with Crippen LogP contribution >= 0.6 is 11.6 Å². The van der Waals surface area contributed by atoms with Gasteiger partial charge in [0.15, 0.2) is 0 Å². The van der Waals surface area contributed by atoms with Gasteiger partial charge >= 0.3 is 0 Å². The molecule has 2 fully saturated rings. The average Bonchev–Trinajstić information content (AvgIpc) is 3.22. The van der Waals surface area contributed by atoms with Crippen LogP contribution in [0.5, 0.6) is 5.75 Å². The van der Waals surface area contributed by atoms with E-state index in [1.807, 2.05) is 6.07 Å². The standard InChI is InChI=1S/C21H23ClN2O4S/c22-18-11-10-15(14-20(18)29(26,27)24-12-3-4-13-24)23-21(25)17-8-1-2-9-19(17)28-16-6-5-7-16/h1-2,8-11,14,16H,3-7,12-13H2,(H,23,25). The van der Waals surface area contributed by atoms with Gasteiger partial charge in [-0.25, -0.2) is 8.42 Å². The fourth-order valence-corrected chi connectivity index (χ4v) is 5.49. The number of carbonyl (C=O) groups is 1. The number of anilines is 1. The molecule has 1 heterocycles. The number of ether oxygens (including phenoxy) is 1. The second kappa shape index (κ2) is 8.34. The Labute approximate surface area is 175 Å². The highest BCUT2D eigenvalue weighted by molar-refractivity contribution is 7.89. The van der Waals surface area contributed by atoms with Crippen molar-refractivity contribution < 1.29 is 17.9 Å². The van der Waals surface area contributed by atoms with Crippen molar-refractivity contribution in [1.29, 1.82) is 0 Å². The molecule has 1 saturated heterocycles. The third-order valence-corrected chi connectivity index (χ3v) is 7.73. The van der Waals surface area contributed by atoms with E-state index in [1.54, 1.807) is 24.3 Å². The Morgan fingerprint density at radius 1 is 1.07 bits per heavy atom. The zero-order valence-corrected chi connectivity index (χ0v) is 17.5. The number of para-hydroxylation sites is 1. The first kappa shape index (κ1) is 20.2. The van der Waals surface area contributed by atoms with Crippen LogP contribution in [0.1, 0.15) is 42.5 Å². The molecule has 1 saturated carbocycles. The largest absolute Gasteiger partial charge is 0.490 e. The summed E-state index contributed by atoms with van der Waals surface area (Å²) in [5.74, 6) is 0.181. The fraction of sp³-hybridized carbons (Fsp3) is 0.381. The van der Waals surface area contributed by atoms with Gasteiger partial charge in [0.25, 0.3) is 5.91 Å². The second-order valence-electron chi connectivity index (χ2n) is 7.38. The van der Waals surface area contributed by atoms with Crippen LogP contribution in [0.2, 0.25) is 5.02 Å². The van der Waals surface area contributed by atoms with Gasteiger partial charge in [-0.3, -0.25) is 4.79 Å². The zero-order chi connectivity index (χ0) is 20.4. The molecule has 4 rings (SSSR count). The van der Waals surface area contributed by atoms with Crippen LogP contribution < -0.4 is 10.1 Å². The summed E-state index contributed by atoms with van der Waals surface area (Å²) in [4.78, 5) is 12.9. The first-order valence-corrected chi connectivity index (χ1v) is 11.6. The minimum absolute atomic E-state index is 0.0119. The lowest BCUT2D eigenvalue weighted by Crippen LogP contribution is -2.28. The zero-order valence-electron chi connectivity index (χ0n) is 15.9. The molecule has 0 bridgehead atoms. The van der Waals surface area contributed by atoms with Gasteiger partial charge in [-0.15, -0.1) is 0 Å². The highest BCUT2D eigenvalue weighted by Crippen LogP contribution is 2.31. The van der Waals surface area contributed by atoms with Crippen LogP contribution in [0.4, 0.5) is 5.69 Å². The van der Waals surface area contributed by atoms with E-state index in [4.69, 9.17) is 16.3 Å². The van der Waals surface area contributed by atoms with Gasteiger partial charge in [0, 0.05) is 18.8 Å². The van der Waals surface area contributed by atoms with E-state index < -0.39 is 10.0 Å². The maximum atomic E-state index is 12.9. The van der Waals surface area contributed by atoms with Crippen LogP contribution in [0, 0.1) is 0 Å². The van der Waals surface area contributed by atoms with E-state index in [0.29, 0.717) is 30.1 Å². The fourth-order valence-electron chi connectivity index (χ4n) is 3.47. The predicted molar refractivity (Wildman–Crippen MR) is 112 cm³/mol. The monoisotopic (exact) mass is 434 g/mol. The molecule has 2 aromatic carbocycles. The average molecular weight is 435 g/mol. The topological polar surface area (TPSA) is 75.7 Å². The molecule has 154 valence electrons. The molecular formula is C21H23ClN2O4S. The number of hydrogen-bond donors (Lipinski definition) is 1.